The minimum atomic E-state index is 0.343. The van der Waals surface area contributed by atoms with E-state index >= 15 is 0 Å². The van der Waals surface area contributed by atoms with Crippen molar-refractivity contribution in [3.63, 3.8) is 0 Å². The second-order valence-corrected chi connectivity index (χ2v) is 5.37. The molecule has 4 rings (SSSR count). The van der Waals surface area contributed by atoms with Gasteiger partial charge in [0.25, 0.3) is 0 Å². The van der Waals surface area contributed by atoms with Crippen LogP contribution >= 0.6 is 0 Å². The zero-order valence-corrected chi connectivity index (χ0v) is 13.0. The Morgan fingerprint density at radius 3 is 2.96 bits per heavy atom. The van der Waals surface area contributed by atoms with E-state index in [0.717, 1.165) is 16.8 Å². The van der Waals surface area contributed by atoms with Gasteiger partial charge in [-0.1, -0.05) is 18.2 Å². The third-order valence-corrected chi connectivity index (χ3v) is 3.71. The van der Waals surface area contributed by atoms with Crippen molar-refractivity contribution in [1.29, 1.82) is 0 Å². The number of benzene rings is 1. The maximum absolute atomic E-state index is 5.88. The molecule has 0 bridgehead atoms. The Bertz CT molecular complexity index is 1000. The van der Waals surface area contributed by atoms with E-state index < -0.39 is 0 Å². The van der Waals surface area contributed by atoms with Gasteiger partial charge in [-0.2, -0.15) is 15.4 Å². The number of H-pyrrole nitrogens is 1. The molecule has 120 valence electrons. The molecular formula is C16H15N7O. The molecule has 0 fully saturated rings. The molecular weight excluding hydrogens is 306 g/mol. The number of aromatic nitrogens is 6. The van der Waals surface area contributed by atoms with Crippen LogP contribution in [-0.4, -0.2) is 30.2 Å². The van der Waals surface area contributed by atoms with Crippen LogP contribution in [0, 0.1) is 0 Å². The van der Waals surface area contributed by atoms with Gasteiger partial charge < -0.3 is 10.5 Å². The van der Waals surface area contributed by atoms with E-state index in [2.05, 4.69) is 31.6 Å². The van der Waals surface area contributed by atoms with Crippen molar-refractivity contribution in [3.05, 3.63) is 48.2 Å². The fraction of sp³-hybridized carbons (Fsp3) is 0.125. The van der Waals surface area contributed by atoms with Crippen molar-refractivity contribution in [3.8, 4) is 17.0 Å². The standard InChI is InChI=1S/C16H15N7O/c1-23-12(5-6-18-23)11-4-2-3-10(7-11)9-24-13-8-14(17)19-16-15(13)20-22-21-16/h2-8H,9H2,1H3,(H3,17,19,20,21,22). The molecule has 0 atom stereocenters. The third kappa shape index (κ3) is 2.54. The Morgan fingerprint density at radius 2 is 2.12 bits per heavy atom. The summed E-state index contributed by atoms with van der Waals surface area (Å²) in [6, 6.07) is 11.7. The molecule has 0 amide bonds. The molecule has 1 aromatic carbocycles. The lowest BCUT2D eigenvalue weighted by atomic mass is 10.1. The van der Waals surface area contributed by atoms with Gasteiger partial charge in [0, 0.05) is 24.9 Å². The quantitative estimate of drug-likeness (QED) is 0.594. The van der Waals surface area contributed by atoms with Crippen LogP contribution in [0.25, 0.3) is 22.4 Å². The molecule has 24 heavy (non-hydrogen) atoms. The summed E-state index contributed by atoms with van der Waals surface area (Å²) < 4.78 is 7.72. The first kappa shape index (κ1) is 14.2. The lowest BCUT2D eigenvalue weighted by Gasteiger charge is -2.09. The van der Waals surface area contributed by atoms with Crippen molar-refractivity contribution < 1.29 is 4.74 Å². The van der Waals surface area contributed by atoms with E-state index in [1.54, 1.807) is 12.3 Å². The van der Waals surface area contributed by atoms with Gasteiger partial charge in [0.15, 0.2) is 11.3 Å². The number of nitrogens with zero attached hydrogens (tertiary/aromatic N) is 5. The van der Waals surface area contributed by atoms with E-state index in [0.29, 0.717) is 29.3 Å². The second kappa shape index (κ2) is 5.65. The second-order valence-electron chi connectivity index (χ2n) is 5.37. The van der Waals surface area contributed by atoms with Gasteiger partial charge in [-0.25, -0.2) is 4.98 Å². The van der Waals surface area contributed by atoms with Gasteiger partial charge in [-0.05, 0) is 17.7 Å². The number of ether oxygens (including phenoxy) is 1. The third-order valence-electron chi connectivity index (χ3n) is 3.71. The monoisotopic (exact) mass is 321 g/mol. The van der Waals surface area contributed by atoms with Gasteiger partial charge in [0.1, 0.15) is 12.4 Å². The number of aryl methyl sites for hydroxylation is 1. The summed E-state index contributed by atoms with van der Waals surface area (Å²) in [7, 11) is 1.92. The summed E-state index contributed by atoms with van der Waals surface area (Å²) in [5, 5.41) is 14.7. The minimum Gasteiger partial charge on any atom is -0.486 e. The van der Waals surface area contributed by atoms with Crippen LogP contribution in [0.5, 0.6) is 5.75 Å². The number of hydrogen-bond acceptors (Lipinski definition) is 6. The zero-order valence-electron chi connectivity index (χ0n) is 13.0. The molecule has 0 radical (unpaired) electrons. The van der Waals surface area contributed by atoms with Crippen LogP contribution in [0.2, 0.25) is 0 Å². The molecule has 3 heterocycles. The van der Waals surface area contributed by atoms with E-state index in [-0.39, 0.29) is 0 Å². The number of anilines is 1. The van der Waals surface area contributed by atoms with Crippen molar-refractivity contribution in [2.75, 3.05) is 5.73 Å². The molecule has 8 heteroatoms. The van der Waals surface area contributed by atoms with Crippen LogP contribution in [0.15, 0.2) is 42.6 Å². The largest absolute Gasteiger partial charge is 0.486 e. The summed E-state index contributed by atoms with van der Waals surface area (Å²) in [5.74, 6) is 0.896. The van der Waals surface area contributed by atoms with Crippen LogP contribution in [0.3, 0.4) is 0 Å². The topological polar surface area (TPSA) is 108 Å². The van der Waals surface area contributed by atoms with Gasteiger partial charge in [0.2, 0.25) is 5.65 Å². The lowest BCUT2D eigenvalue weighted by Crippen LogP contribution is -2.00. The predicted octanol–water partition coefficient (Wildman–Crippen LogP) is 1.91. The van der Waals surface area contributed by atoms with Gasteiger partial charge >= 0.3 is 0 Å². The van der Waals surface area contributed by atoms with E-state index in [9.17, 15) is 0 Å². The average molecular weight is 321 g/mol. The summed E-state index contributed by atoms with van der Waals surface area (Å²) in [6.07, 6.45) is 1.78. The van der Waals surface area contributed by atoms with E-state index in [4.69, 9.17) is 10.5 Å². The molecule has 3 N–H and O–H groups in total. The highest BCUT2D eigenvalue weighted by atomic mass is 16.5. The maximum atomic E-state index is 5.88. The summed E-state index contributed by atoms with van der Waals surface area (Å²) in [4.78, 5) is 4.09. The number of nitrogens with two attached hydrogens (primary N) is 1. The first-order chi connectivity index (χ1) is 11.7. The van der Waals surface area contributed by atoms with Crippen molar-refractivity contribution >= 4 is 17.0 Å². The number of nitrogen functional groups attached to an aromatic ring is 1. The van der Waals surface area contributed by atoms with Crippen LogP contribution in [0.1, 0.15) is 5.56 Å². The van der Waals surface area contributed by atoms with Crippen molar-refractivity contribution in [2.45, 2.75) is 6.61 Å². The highest BCUT2D eigenvalue weighted by Gasteiger charge is 2.10. The Labute approximate surface area is 137 Å². The smallest absolute Gasteiger partial charge is 0.207 e. The van der Waals surface area contributed by atoms with Crippen molar-refractivity contribution in [2.24, 2.45) is 7.05 Å². The fourth-order valence-electron chi connectivity index (χ4n) is 2.57. The summed E-state index contributed by atoms with van der Waals surface area (Å²) in [6.45, 7) is 0.386. The normalized spacial score (nSPS) is 11.0. The lowest BCUT2D eigenvalue weighted by molar-refractivity contribution is 0.309. The average Bonchev–Trinajstić information content (AvgIpc) is 3.21. The van der Waals surface area contributed by atoms with E-state index in [1.807, 2.05) is 36.0 Å². The molecule has 4 aromatic rings. The number of aromatic amines is 1. The number of nitrogens with one attached hydrogen (secondary N) is 1. The molecule has 8 nitrogen and oxygen atoms in total. The molecule has 0 unspecified atom stereocenters. The van der Waals surface area contributed by atoms with Gasteiger partial charge in [-0.15, -0.1) is 5.10 Å². The van der Waals surface area contributed by atoms with Gasteiger partial charge in [-0.3, -0.25) is 4.68 Å². The molecule has 0 saturated heterocycles. The summed E-state index contributed by atoms with van der Waals surface area (Å²) >= 11 is 0. The Hall–Kier alpha value is -3.42. The Balaban J connectivity index is 1.60. The Kier molecular flexibility index (Phi) is 3.34. The molecule has 0 aliphatic heterocycles. The first-order valence-corrected chi connectivity index (χ1v) is 7.38. The summed E-state index contributed by atoms with van der Waals surface area (Å²) in [5.41, 5.74) is 9.93. The maximum Gasteiger partial charge on any atom is 0.207 e. The van der Waals surface area contributed by atoms with Crippen molar-refractivity contribution in [1.82, 2.24) is 30.2 Å². The molecule has 0 spiro atoms. The zero-order chi connectivity index (χ0) is 16.5. The van der Waals surface area contributed by atoms with Gasteiger partial charge in [0.05, 0.1) is 5.69 Å². The fourth-order valence-corrected chi connectivity index (χ4v) is 2.57. The van der Waals surface area contributed by atoms with Crippen LogP contribution in [0.4, 0.5) is 5.82 Å². The van der Waals surface area contributed by atoms with Crippen LogP contribution < -0.4 is 10.5 Å². The predicted molar refractivity (Wildman–Crippen MR) is 89.1 cm³/mol. The first-order valence-electron chi connectivity index (χ1n) is 7.38. The number of fused-ring (bicyclic) bond motifs is 1. The van der Waals surface area contributed by atoms with E-state index in [1.165, 1.54) is 0 Å². The number of hydrogen-bond donors (Lipinski definition) is 2. The highest BCUT2D eigenvalue weighted by Crippen LogP contribution is 2.25. The molecule has 3 aromatic heterocycles. The molecule has 0 aliphatic rings. The van der Waals surface area contributed by atoms with Crippen LogP contribution in [-0.2, 0) is 13.7 Å². The molecule has 0 saturated carbocycles. The Morgan fingerprint density at radius 1 is 1.21 bits per heavy atom. The number of pyridine rings is 1. The minimum absolute atomic E-state index is 0.343. The molecule has 0 aliphatic carbocycles. The highest BCUT2D eigenvalue weighted by molar-refractivity contribution is 5.78. The SMILES string of the molecule is Cn1nccc1-c1cccc(COc2cc(N)nc3n[nH]nc23)c1. The number of rotatable bonds is 4.